The van der Waals surface area contributed by atoms with E-state index in [9.17, 15) is 4.79 Å². The molecule has 18 heavy (non-hydrogen) atoms. The third-order valence-electron chi connectivity index (χ3n) is 4.37. The fraction of sp³-hybridized carbons (Fsp3) is 0.933. The molecule has 1 N–H and O–H groups in total. The third-order valence-corrected chi connectivity index (χ3v) is 4.37. The molecule has 2 heterocycles. The predicted octanol–water partition coefficient (Wildman–Crippen LogP) is 2.70. The van der Waals surface area contributed by atoms with Crippen LogP contribution in [0.3, 0.4) is 0 Å². The highest BCUT2D eigenvalue weighted by Crippen LogP contribution is 2.21. The van der Waals surface area contributed by atoms with Gasteiger partial charge >= 0.3 is 0 Å². The van der Waals surface area contributed by atoms with Gasteiger partial charge in [-0.1, -0.05) is 32.6 Å². The Morgan fingerprint density at radius 2 is 1.89 bits per heavy atom. The van der Waals surface area contributed by atoms with Crippen molar-refractivity contribution in [3.05, 3.63) is 0 Å². The van der Waals surface area contributed by atoms with Crippen molar-refractivity contribution in [2.24, 2.45) is 0 Å². The number of amides is 1. The number of unbranched alkanes of at least 4 members (excludes halogenated alkanes) is 4. The Morgan fingerprint density at radius 1 is 1.11 bits per heavy atom. The Hall–Kier alpha value is -0.570. The molecule has 2 atom stereocenters. The fourth-order valence-corrected chi connectivity index (χ4v) is 3.21. The van der Waals surface area contributed by atoms with E-state index in [1.165, 1.54) is 38.5 Å². The molecule has 104 valence electrons. The smallest absolute Gasteiger partial charge is 0.222 e. The molecule has 0 aromatic heterocycles. The highest BCUT2D eigenvalue weighted by atomic mass is 16.2. The Kier molecular flexibility index (Phi) is 5.48. The molecular formula is C15H28N2O. The lowest BCUT2D eigenvalue weighted by Crippen LogP contribution is -2.38. The monoisotopic (exact) mass is 252 g/mol. The van der Waals surface area contributed by atoms with E-state index in [4.69, 9.17) is 0 Å². The molecule has 2 unspecified atom stereocenters. The first-order valence-electron chi connectivity index (χ1n) is 7.83. The van der Waals surface area contributed by atoms with Crippen molar-refractivity contribution in [2.75, 3.05) is 13.1 Å². The van der Waals surface area contributed by atoms with Crippen molar-refractivity contribution in [3.63, 3.8) is 0 Å². The normalized spacial score (nSPS) is 27.3. The molecule has 2 fully saturated rings. The van der Waals surface area contributed by atoms with Crippen molar-refractivity contribution in [1.29, 1.82) is 0 Å². The van der Waals surface area contributed by atoms with E-state index in [0.717, 1.165) is 32.4 Å². The molecule has 2 saturated heterocycles. The van der Waals surface area contributed by atoms with Crippen LogP contribution in [0.4, 0.5) is 0 Å². The number of hydrogen-bond acceptors (Lipinski definition) is 2. The molecule has 0 radical (unpaired) electrons. The first-order chi connectivity index (χ1) is 8.79. The summed E-state index contributed by atoms with van der Waals surface area (Å²) in [6.45, 7) is 4.15. The molecule has 0 aliphatic carbocycles. The lowest BCUT2D eigenvalue weighted by molar-refractivity contribution is -0.131. The average Bonchev–Trinajstić information content (AvgIpc) is 2.68. The van der Waals surface area contributed by atoms with Gasteiger partial charge in [-0.05, 0) is 25.7 Å². The minimum absolute atomic E-state index is 0.390. The molecule has 2 bridgehead atoms. The first-order valence-corrected chi connectivity index (χ1v) is 7.83. The minimum atomic E-state index is 0.390. The quantitative estimate of drug-likeness (QED) is 0.737. The van der Waals surface area contributed by atoms with Gasteiger partial charge in [0.15, 0.2) is 0 Å². The summed E-state index contributed by atoms with van der Waals surface area (Å²) >= 11 is 0. The van der Waals surface area contributed by atoms with Gasteiger partial charge in [0.1, 0.15) is 0 Å². The largest absolute Gasteiger partial charge is 0.341 e. The maximum absolute atomic E-state index is 12.2. The van der Waals surface area contributed by atoms with Gasteiger partial charge in [-0.15, -0.1) is 0 Å². The van der Waals surface area contributed by atoms with E-state index >= 15 is 0 Å². The van der Waals surface area contributed by atoms with Crippen molar-refractivity contribution in [2.45, 2.75) is 76.8 Å². The summed E-state index contributed by atoms with van der Waals surface area (Å²) < 4.78 is 0. The summed E-state index contributed by atoms with van der Waals surface area (Å²) in [6, 6.07) is 1.25. The van der Waals surface area contributed by atoms with E-state index in [1.54, 1.807) is 0 Å². The molecule has 0 aromatic rings. The highest BCUT2D eigenvalue weighted by Gasteiger charge is 2.30. The van der Waals surface area contributed by atoms with Gasteiger partial charge in [0.25, 0.3) is 0 Å². The van der Waals surface area contributed by atoms with Gasteiger partial charge in [0.2, 0.25) is 5.91 Å². The van der Waals surface area contributed by atoms with Crippen LogP contribution in [0.5, 0.6) is 0 Å². The number of rotatable bonds is 6. The van der Waals surface area contributed by atoms with Crippen LogP contribution in [0, 0.1) is 0 Å². The van der Waals surface area contributed by atoms with Gasteiger partial charge in [0.05, 0.1) is 0 Å². The maximum Gasteiger partial charge on any atom is 0.222 e. The second-order valence-corrected chi connectivity index (χ2v) is 5.93. The highest BCUT2D eigenvalue weighted by molar-refractivity contribution is 5.76. The zero-order valence-electron chi connectivity index (χ0n) is 11.8. The van der Waals surface area contributed by atoms with Crippen LogP contribution >= 0.6 is 0 Å². The van der Waals surface area contributed by atoms with Crippen LogP contribution in [-0.2, 0) is 4.79 Å². The molecule has 0 aromatic carbocycles. The fourth-order valence-electron chi connectivity index (χ4n) is 3.21. The van der Waals surface area contributed by atoms with Crippen molar-refractivity contribution >= 4 is 5.91 Å². The topological polar surface area (TPSA) is 32.3 Å². The molecular weight excluding hydrogens is 224 g/mol. The number of carbonyl (C=O) groups excluding carboxylic acids is 1. The van der Waals surface area contributed by atoms with Crippen LogP contribution in [0.25, 0.3) is 0 Å². The Bertz CT molecular complexity index is 267. The number of carbonyl (C=O) groups is 1. The summed E-state index contributed by atoms with van der Waals surface area (Å²) in [5.41, 5.74) is 0. The second kappa shape index (κ2) is 7.13. The maximum atomic E-state index is 12.2. The van der Waals surface area contributed by atoms with E-state index < -0.39 is 0 Å². The average molecular weight is 252 g/mol. The summed E-state index contributed by atoms with van der Waals surface area (Å²) in [5.74, 6) is 0.390. The van der Waals surface area contributed by atoms with Crippen molar-refractivity contribution in [3.8, 4) is 0 Å². The first kappa shape index (κ1) is 13.9. The molecule has 1 amide bonds. The molecule has 3 nitrogen and oxygen atoms in total. The summed E-state index contributed by atoms with van der Waals surface area (Å²) in [4.78, 5) is 14.3. The molecule has 2 aliphatic heterocycles. The minimum Gasteiger partial charge on any atom is -0.341 e. The van der Waals surface area contributed by atoms with Crippen LogP contribution in [0.2, 0.25) is 0 Å². The Labute approximate surface area is 111 Å². The van der Waals surface area contributed by atoms with Gasteiger partial charge in [-0.2, -0.15) is 0 Å². The molecule has 2 aliphatic rings. The number of nitrogens with one attached hydrogen (secondary N) is 1. The Morgan fingerprint density at radius 3 is 2.72 bits per heavy atom. The van der Waals surface area contributed by atoms with Crippen LogP contribution in [0.15, 0.2) is 0 Å². The van der Waals surface area contributed by atoms with Gasteiger partial charge < -0.3 is 10.2 Å². The van der Waals surface area contributed by atoms with Crippen LogP contribution in [0.1, 0.15) is 64.7 Å². The summed E-state index contributed by atoms with van der Waals surface area (Å²) in [5, 5.41) is 3.63. The van der Waals surface area contributed by atoms with Crippen LogP contribution < -0.4 is 5.32 Å². The van der Waals surface area contributed by atoms with Crippen molar-refractivity contribution < 1.29 is 4.79 Å². The molecule has 0 saturated carbocycles. The van der Waals surface area contributed by atoms with E-state index in [2.05, 4.69) is 17.1 Å². The number of fused-ring (bicyclic) bond motifs is 2. The van der Waals surface area contributed by atoms with Crippen LogP contribution in [-0.4, -0.2) is 36.0 Å². The van der Waals surface area contributed by atoms with Crippen molar-refractivity contribution in [1.82, 2.24) is 10.2 Å². The number of nitrogens with zero attached hydrogens (tertiary/aromatic N) is 1. The van der Waals surface area contributed by atoms with E-state index in [-0.39, 0.29) is 0 Å². The van der Waals surface area contributed by atoms with E-state index in [0.29, 0.717) is 18.0 Å². The second-order valence-electron chi connectivity index (χ2n) is 5.93. The lowest BCUT2D eigenvalue weighted by Gasteiger charge is -2.24. The standard InChI is InChI=1S/C15H28N2O/c1-2-3-4-5-6-7-15(18)17-11-10-13-8-9-14(12-17)16-13/h13-14,16H,2-12H2,1H3. The van der Waals surface area contributed by atoms with Gasteiger partial charge in [-0.25, -0.2) is 0 Å². The van der Waals surface area contributed by atoms with Gasteiger partial charge in [0, 0.05) is 31.6 Å². The number of likely N-dealkylation sites (tertiary alicyclic amines) is 1. The predicted molar refractivity (Wildman–Crippen MR) is 74.5 cm³/mol. The Balaban J connectivity index is 1.65. The SMILES string of the molecule is CCCCCCCC(=O)N1CCC2CCC(C1)N2. The molecule has 0 spiro atoms. The molecule has 3 heteroatoms. The summed E-state index contributed by atoms with van der Waals surface area (Å²) in [7, 11) is 0. The van der Waals surface area contributed by atoms with Gasteiger partial charge in [-0.3, -0.25) is 4.79 Å². The molecule has 2 rings (SSSR count). The third kappa shape index (κ3) is 3.98. The lowest BCUT2D eigenvalue weighted by atomic mass is 10.1. The number of hydrogen-bond donors (Lipinski definition) is 1. The van der Waals surface area contributed by atoms with E-state index in [1.807, 2.05) is 0 Å². The summed E-state index contributed by atoms with van der Waals surface area (Å²) in [6.07, 6.45) is 10.7. The zero-order chi connectivity index (χ0) is 12.8. The zero-order valence-corrected chi connectivity index (χ0v) is 11.8.